The summed E-state index contributed by atoms with van der Waals surface area (Å²) in [6, 6.07) is 0. The Morgan fingerprint density at radius 3 is 0.722 bits per heavy atom. The summed E-state index contributed by atoms with van der Waals surface area (Å²) in [5, 5.41) is 0. The first-order chi connectivity index (χ1) is 7.50. The fraction of sp³-hybridized carbons (Fsp3) is 1.00. The van der Waals surface area contributed by atoms with Gasteiger partial charge in [0.1, 0.15) is 0 Å². The lowest BCUT2D eigenvalue weighted by atomic mass is 9.60. The minimum Gasteiger partial charge on any atom is -0.222 e. The highest BCUT2D eigenvalue weighted by atomic mass is 19.4. The molecule has 1 fully saturated rings. The molecular weight excluding hydrogens is 300 g/mol. The third kappa shape index (κ3) is 1.08. The highest BCUT2D eigenvalue weighted by molar-refractivity contribution is 5.36. The number of hydrogen-bond acceptors (Lipinski definition) is 0. The molecular formula is C6F12. The van der Waals surface area contributed by atoms with Gasteiger partial charge in [-0.05, 0) is 0 Å². The van der Waals surface area contributed by atoms with E-state index in [0.29, 0.717) is 0 Å². The van der Waals surface area contributed by atoms with Crippen molar-refractivity contribution in [2.75, 3.05) is 0 Å². The number of halogens is 12. The third-order valence-corrected chi connectivity index (χ3v) is 2.52. The molecule has 0 nitrogen and oxygen atoms in total. The standard InChI is InChI=1S/C6F12/c7-1(5(13,14)15)2(8,6(16,17)18)4(11,12)3(1,9)10/t1-,2-/m1/s1. The van der Waals surface area contributed by atoms with E-state index in [1.165, 1.54) is 0 Å². The lowest BCUT2D eigenvalue weighted by molar-refractivity contribution is -0.531. The van der Waals surface area contributed by atoms with Gasteiger partial charge in [-0.1, -0.05) is 0 Å². The van der Waals surface area contributed by atoms with E-state index in [-0.39, 0.29) is 0 Å². The van der Waals surface area contributed by atoms with Crippen molar-refractivity contribution >= 4 is 0 Å². The van der Waals surface area contributed by atoms with Gasteiger partial charge in [-0.15, -0.1) is 0 Å². The second kappa shape index (κ2) is 3.00. The lowest BCUT2D eigenvalue weighted by Crippen LogP contribution is -2.93. The molecule has 1 saturated carbocycles. The van der Waals surface area contributed by atoms with Crippen molar-refractivity contribution in [2.45, 2.75) is 35.5 Å². The van der Waals surface area contributed by atoms with Crippen LogP contribution in [0.15, 0.2) is 0 Å². The summed E-state index contributed by atoms with van der Waals surface area (Å²) in [6.45, 7) is 0. The topological polar surface area (TPSA) is 0 Å². The summed E-state index contributed by atoms with van der Waals surface area (Å²) in [7, 11) is 0. The van der Waals surface area contributed by atoms with Crippen LogP contribution in [0.25, 0.3) is 0 Å². The van der Waals surface area contributed by atoms with Crippen LogP contribution in [0.1, 0.15) is 0 Å². The van der Waals surface area contributed by atoms with Crippen LogP contribution in [0, 0.1) is 0 Å². The lowest BCUT2D eigenvalue weighted by Gasteiger charge is -2.58. The quantitative estimate of drug-likeness (QED) is 0.597. The third-order valence-electron chi connectivity index (χ3n) is 2.52. The Labute approximate surface area is 89.5 Å². The Morgan fingerprint density at radius 1 is 0.444 bits per heavy atom. The van der Waals surface area contributed by atoms with Gasteiger partial charge >= 0.3 is 35.5 Å². The van der Waals surface area contributed by atoms with Gasteiger partial charge < -0.3 is 0 Å². The average Bonchev–Trinajstić information content (AvgIpc) is 2.10. The summed E-state index contributed by atoms with van der Waals surface area (Å²) in [5.74, 6) is -13.7. The van der Waals surface area contributed by atoms with E-state index in [1.54, 1.807) is 0 Å². The van der Waals surface area contributed by atoms with Crippen molar-refractivity contribution in [2.24, 2.45) is 0 Å². The zero-order valence-corrected chi connectivity index (χ0v) is 7.54. The summed E-state index contributed by atoms with van der Waals surface area (Å²) < 4.78 is 146. The van der Waals surface area contributed by atoms with Gasteiger partial charge in [0.05, 0.1) is 0 Å². The first-order valence-electron chi connectivity index (χ1n) is 3.77. The summed E-state index contributed by atoms with van der Waals surface area (Å²) >= 11 is 0. The van der Waals surface area contributed by atoms with Gasteiger partial charge in [0.25, 0.3) is 0 Å². The maximum absolute atomic E-state index is 12.8. The van der Waals surface area contributed by atoms with Crippen LogP contribution in [0.3, 0.4) is 0 Å². The smallest absolute Gasteiger partial charge is 0.222 e. The van der Waals surface area contributed by atoms with Crippen molar-refractivity contribution in [1.82, 2.24) is 0 Å². The zero-order chi connectivity index (χ0) is 15.0. The van der Waals surface area contributed by atoms with Crippen LogP contribution < -0.4 is 0 Å². The van der Waals surface area contributed by atoms with Crippen molar-refractivity contribution in [3.05, 3.63) is 0 Å². The van der Waals surface area contributed by atoms with E-state index in [1.807, 2.05) is 0 Å². The molecule has 1 rings (SSSR count). The molecule has 1 aliphatic carbocycles. The first-order valence-corrected chi connectivity index (χ1v) is 3.77. The van der Waals surface area contributed by atoms with Crippen LogP contribution in [0.4, 0.5) is 52.7 Å². The Balaban J connectivity index is 3.61. The number of alkyl halides is 12. The van der Waals surface area contributed by atoms with Crippen LogP contribution in [0.2, 0.25) is 0 Å². The average molecular weight is 300 g/mol. The molecule has 0 amide bonds. The minimum atomic E-state index is -7.18. The monoisotopic (exact) mass is 300 g/mol. The SMILES string of the molecule is FC(F)(F)[C@]1(F)C(F)(F)C(F)(F)[C@@]1(F)C(F)(F)F. The molecule has 0 spiro atoms. The van der Waals surface area contributed by atoms with E-state index in [0.717, 1.165) is 0 Å². The van der Waals surface area contributed by atoms with E-state index < -0.39 is 35.5 Å². The molecule has 0 aromatic heterocycles. The van der Waals surface area contributed by atoms with Gasteiger partial charge in [0.2, 0.25) is 0 Å². The van der Waals surface area contributed by atoms with Crippen LogP contribution in [-0.2, 0) is 0 Å². The highest BCUT2D eigenvalue weighted by Crippen LogP contribution is 2.76. The molecule has 0 N–H and O–H groups in total. The van der Waals surface area contributed by atoms with Crippen molar-refractivity contribution < 1.29 is 52.7 Å². The van der Waals surface area contributed by atoms with Crippen molar-refractivity contribution in [3.8, 4) is 0 Å². The fourth-order valence-electron chi connectivity index (χ4n) is 1.55. The molecule has 1 aliphatic rings. The van der Waals surface area contributed by atoms with Crippen molar-refractivity contribution in [1.29, 1.82) is 0 Å². The molecule has 0 unspecified atom stereocenters. The largest absolute Gasteiger partial charge is 0.432 e. The Kier molecular flexibility index (Phi) is 2.54. The molecule has 12 heteroatoms. The second-order valence-electron chi connectivity index (χ2n) is 3.46. The summed E-state index contributed by atoms with van der Waals surface area (Å²) in [5.41, 5.74) is -14.1. The minimum absolute atomic E-state index is 6.87. The predicted octanol–water partition coefficient (Wildman–Crippen LogP) is 3.81. The number of rotatable bonds is 0. The van der Waals surface area contributed by atoms with Crippen LogP contribution in [-0.4, -0.2) is 35.5 Å². The highest BCUT2D eigenvalue weighted by Gasteiger charge is 3.10. The van der Waals surface area contributed by atoms with Gasteiger partial charge in [-0.2, -0.15) is 43.9 Å². The van der Waals surface area contributed by atoms with Gasteiger partial charge in [0.15, 0.2) is 0 Å². The molecule has 108 valence electrons. The molecule has 0 saturated heterocycles. The molecule has 0 aromatic carbocycles. The number of hydrogen-bond donors (Lipinski definition) is 0. The van der Waals surface area contributed by atoms with Gasteiger partial charge in [0, 0.05) is 0 Å². The van der Waals surface area contributed by atoms with Gasteiger partial charge in [-0.25, -0.2) is 8.78 Å². The first kappa shape index (κ1) is 15.2. The molecule has 2 atom stereocenters. The van der Waals surface area contributed by atoms with Crippen LogP contribution >= 0.6 is 0 Å². The Bertz CT molecular complexity index is 326. The predicted molar refractivity (Wildman–Crippen MR) is 29.7 cm³/mol. The molecule has 0 radical (unpaired) electrons. The van der Waals surface area contributed by atoms with E-state index >= 15 is 0 Å². The Hall–Kier alpha value is -0.840. The summed E-state index contributed by atoms with van der Waals surface area (Å²) in [4.78, 5) is 0. The van der Waals surface area contributed by atoms with Crippen LogP contribution in [0.5, 0.6) is 0 Å². The van der Waals surface area contributed by atoms with E-state index in [4.69, 9.17) is 0 Å². The second-order valence-corrected chi connectivity index (χ2v) is 3.46. The normalized spacial score (nSPS) is 39.3. The molecule has 0 bridgehead atoms. The van der Waals surface area contributed by atoms with Crippen molar-refractivity contribution in [3.63, 3.8) is 0 Å². The molecule has 18 heavy (non-hydrogen) atoms. The van der Waals surface area contributed by atoms with E-state index in [2.05, 4.69) is 0 Å². The van der Waals surface area contributed by atoms with Gasteiger partial charge in [-0.3, -0.25) is 0 Å². The Morgan fingerprint density at radius 2 is 0.611 bits per heavy atom. The van der Waals surface area contributed by atoms with E-state index in [9.17, 15) is 52.7 Å². The molecule has 0 aliphatic heterocycles. The zero-order valence-electron chi connectivity index (χ0n) is 7.54. The fourth-order valence-corrected chi connectivity index (χ4v) is 1.55. The maximum atomic E-state index is 12.8. The maximum Gasteiger partial charge on any atom is 0.432 e. The summed E-state index contributed by atoms with van der Waals surface area (Å²) in [6.07, 6.45) is -14.4. The molecule has 0 heterocycles. The molecule has 0 aromatic rings.